The first kappa shape index (κ1) is 21.9. The summed E-state index contributed by atoms with van der Waals surface area (Å²) in [6.45, 7) is 6.13. The SMILES string of the molecule is Cc1cc2c(CCc3sc(-c4ccc(C(F)(F)F)cc4)nc3C(C)C)noc2cc1S. The number of nitrogens with zero attached hydrogens (tertiary/aromatic N) is 2. The highest BCUT2D eigenvalue weighted by Gasteiger charge is 2.30. The minimum absolute atomic E-state index is 0.206. The Bertz CT molecular complexity index is 1220. The van der Waals surface area contributed by atoms with E-state index >= 15 is 0 Å². The highest BCUT2D eigenvalue weighted by molar-refractivity contribution is 7.80. The van der Waals surface area contributed by atoms with Crippen molar-refractivity contribution in [3.8, 4) is 10.6 Å². The molecule has 4 aromatic rings. The van der Waals surface area contributed by atoms with E-state index < -0.39 is 11.7 Å². The van der Waals surface area contributed by atoms with Crippen molar-refractivity contribution in [2.45, 2.75) is 50.6 Å². The van der Waals surface area contributed by atoms with Crippen LogP contribution < -0.4 is 0 Å². The molecule has 0 unspecified atom stereocenters. The Balaban J connectivity index is 1.60. The van der Waals surface area contributed by atoms with Gasteiger partial charge in [-0.05, 0) is 55.5 Å². The number of aromatic nitrogens is 2. The molecule has 8 heteroatoms. The first-order chi connectivity index (χ1) is 14.6. The Hall–Kier alpha value is -2.32. The molecule has 0 spiro atoms. The molecule has 0 aliphatic carbocycles. The number of alkyl halides is 3. The number of aryl methyl sites for hydroxylation is 3. The van der Waals surface area contributed by atoms with E-state index in [0.717, 1.165) is 55.7 Å². The van der Waals surface area contributed by atoms with Crippen LogP contribution in [0.15, 0.2) is 45.8 Å². The molecule has 162 valence electrons. The van der Waals surface area contributed by atoms with Crippen LogP contribution >= 0.6 is 24.0 Å². The third-order valence-electron chi connectivity index (χ3n) is 5.19. The lowest BCUT2D eigenvalue weighted by molar-refractivity contribution is -0.137. The molecule has 0 N–H and O–H groups in total. The summed E-state index contributed by atoms with van der Waals surface area (Å²) < 4.78 is 44.0. The Morgan fingerprint density at radius 3 is 2.45 bits per heavy atom. The van der Waals surface area contributed by atoms with E-state index in [4.69, 9.17) is 9.51 Å². The van der Waals surface area contributed by atoms with Gasteiger partial charge in [-0.25, -0.2) is 4.98 Å². The number of fused-ring (bicyclic) bond motifs is 1. The van der Waals surface area contributed by atoms with Gasteiger partial charge in [-0.3, -0.25) is 0 Å². The molecule has 2 heterocycles. The summed E-state index contributed by atoms with van der Waals surface area (Å²) in [5.41, 5.74) is 3.66. The molecule has 0 fully saturated rings. The average molecular weight is 463 g/mol. The Morgan fingerprint density at radius 2 is 1.81 bits per heavy atom. The molecule has 0 saturated carbocycles. The van der Waals surface area contributed by atoms with Gasteiger partial charge in [0.2, 0.25) is 0 Å². The highest BCUT2D eigenvalue weighted by Crippen LogP contribution is 2.35. The molecule has 3 nitrogen and oxygen atoms in total. The molecule has 0 amide bonds. The van der Waals surface area contributed by atoms with Gasteiger partial charge in [0.15, 0.2) is 5.58 Å². The molecule has 0 bridgehead atoms. The van der Waals surface area contributed by atoms with Gasteiger partial charge in [0.1, 0.15) is 5.01 Å². The Kier molecular flexibility index (Phi) is 5.87. The summed E-state index contributed by atoms with van der Waals surface area (Å²) in [4.78, 5) is 6.72. The van der Waals surface area contributed by atoms with Crippen LogP contribution in [0.5, 0.6) is 0 Å². The van der Waals surface area contributed by atoms with Crippen LogP contribution in [0.4, 0.5) is 13.2 Å². The Labute approximate surface area is 187 Å². The van der Waals surface area contributed by atoms with Gasteiger partial charge < -0.3 is 4.52 Å². The number of benzene rings is 2. The summed E-state index contributed by atoms with van der Waals surface area (Å²) >= 11 is 5.96. The lowest BCUT2D eigenvalue weighted by Gasteiger charge is -2.06. The maximum absolute atomic E-state index is 12.9. The van der Waals surface area contributed by atoms with Crippen LogP contribution in [0.1, 0.15) is 47.2 Å². The maximum Gasteiger partial charge on any atom is 0.416 e. The van der Waals surface area contributed by atoms with E-state index in [2.05, 4.69) is 31.6 Å². The molecule has 4 rings (SSSR count). The standard InChI is InChI=1S/C23H21F3N2OS2/c1-12(2)21-20(9-8-17-16-10-13(3)19(30)11-18(16)29-28-17)31-22(27-21)14-4-6-15(7-5-14)23(24,25)26/h4-7,10-12,30H,8-9H2,1-3H3. The van der Waals surface area contributed by atoms with E-state index in [9.17, 15) is 13.2 Å². The van der Waals surface area contributed by atoms with Crippen molar-refractivity contribution < 1.29 is 17.7 Å². The molecular formula is C23H21F3N2OS2. The predicted octanol–water partition coefficient (Wildman–Crippen LogP) is 7.48. The fourth-order valence-electron chi connectivity index (χ4n) is 3.46. The number of hydrogen-bond donors (Lipinski definition) is 1. The third-order valence-corrected chi connectivity index (χ3v) is 6.85. The maximum atomic E-state index is 12.9. The van der Waals surface area contributed by atoms with Gasteiger partial charge in [-0.15, -0.1) is 24.0 Å². The first-order valence-corrected chi connectivity index (χ1v) is 11.1. The quantitative estimate of drug-likeness (QED) is 0.313. The van der Waals surface area contributed by atoms with Crippen LogP contribution in [0.3, 0.4) is 0 Å². The fourth-order valence-corrected chi connectivity index (χ4v) is 4.87. The third kappa shape index (κ3) is 4.50. The second kappa shape index (κ2) is 8.31. The molecule has 31 heavy (non-hydrogen) atoms. The molecule has 2 aromatic heterocycles. The molecule has 0 aliphatic rings. The molecule has 0 atom stereocenters. The van der Waals surface area contributed by atoms with Crippen molar-refractivity contribution in [1.29, 1.82) is 0 Å². The second-order valence-corrected chi connectivity index (χ2v) is 9.39. The zero-order valence-corrected chi connectivity index (χ0v) is 19.0. The molecule has 2 aromatic carbocycles. The lowest BCUT2D eigenvalue weighted by atomic mass is 10.0. The van der Waals surface area contributed by atoms with Crippen LogP contribution in [-0.2, 0) is 19.0 Å². The van der Waals surface area contributed by atoms with Gasteiger partial charge in [-0.2, -0.15) is 13.2 Å². The van der Waals surface area contributed by atoms with Gasteiger partial charge in [0.05, 0.1) is 17.0 Å². The van der Waals surface area contributed by atoms with Gasteiger partial charge in [0.25, 0.3) is 0 Å². The number of halogens is 3. The zero-order valence-electron chi connectivity index (χ0n) is 17.2. The van der Waals surface area contributed by atoms with Crippen molar-refractivity contribution in [1.82, 2.24) is 10.1 Å². The summed E-state index contributed by atoms with van der Waals surface area (Å²) in [5.74, 6) is 0.206. The van der Waals surface area contributed by atoms with E-state index in [1.807, 2.05) is 19.1 Å². The van der Waals surface area contributed by atoms with E-state index in [1.54, 1.807) is 0 Å². The Morgan fingerprint density at radius 1 is 1.10 bits per heavy atom. The monoisotopic (exact) mass is 462 g/mol. The molecule has 0 aliphatic heterocycles. The lowest BCUT2D eigenvalue weighted by Crippen LogP contribution is -2.03. The molecular weight excluding hydrogens is 441 g/mol. The highest BCUT2D eigenvalue weighted by atomic mass is 32.1. The fraction of sp³-hybridized carbons (Fsp3) is 0.304. The number of rotatable bonds is 5. The largest absolute Gasteiger partial charge is 0.416 e. The zero-order chi connectivity index (χ0) is 22.3. The van der Waals surface area contributed by atoms with Gasteiger partial charge >= 0.3 is 6.18 Å². The van der Waals surface area contributed by atoms with Crippen LogP contribution in [0, 0.1) is 6.92 Å². The van der Waals surface area contributed by atoms with Crippen LogP contribution in [0.2, 0.25) is 0 Å². The molecule has 0 saturated heterocycles. The van der Waals surface area contributed by atoms with Gasteiger partial charge in [-0.1, -0.05) is 31.1 Å². The minimum atomic E-state index is -4.35. The topological polar surface area (TPSA) is 38.9 Å². The van der Waals surface area contributed by atoms with Gasteiger partial charge in [0, 0.05) is 20.7 Å². The van der Waals surface area contributed by atoms with E-state index in [-0.39, 0.29) is 5.92 Å². The average Bonchev–Trinajstić information content (AvgIpc) is 3.30. The van der Waals surface area contributed by atoms with Crippen molar-refractivity contribution >= 4 is 34.9 Å². The van der Waals surface area contributed by atoms with Crippen molar-refractivity contribution in [2.24, 2.45) is 0 Å². The van der Waals surface area contributed by atoms with Crippen molar-refractivity contribution in [3.63, 3.8) is 0 Å². The predicted molar refractivity (Wildman–Crippen MR) is 120 cm³/mol. The normalized spacial score (nSPS) is 12.3. The van der Waals surface area contributed by atoms with Crippen LogP contribution in [0.25, 0.3) is 21.5 Å². The number of thiazole rings is 1. The summed E-state index contributed by atoms with van der Waals surface area (Å²) in [6, 6.07) is 9.08. The van der Waals surface area contributed by atoms with E-state index in [0.29, 0.717) is 17.6 Å². The van der Waals surface area contributed by atoms with Crippen molar-refractivity contribution in [2.75, 3.05) is 0 Å². The van der Waals surface area contributed by atoms with Crippen LogP contribution in [-0.4, -0.2) is 10.1 Å². The van der Waals surface area contributed by atoms with Crippen molar-refractivity contribution in [3.05, 3.63) is 63.8 Å². The summed E-state index contributed by atoms with van der Waals surface area (Å²) in [5, 5.41) is 5.94. The van der Waals surface area contributed by atoms with E-state index in [1.165, 1.54) is 23.5 Å². The minimum Gasteiger partial charge on any atom is -0.356 e. The first-order valence-electron chi connectivity index (χ1n) is 9.88. The number of hydrogen-bond acceptors (Lipinski definition) is 5. The molecule has 0 radical (unpaired) electrons. The summed E-state index contributed by atoms with van der Waals surface area (Å²) in [7, 11) is 0. The smallest absolute Gasteiger partial charge is 0.356 e. The summed E-state index contributed by atoms with van der Waals surface area (Å²) in [6.07, 6.45) is -2.93. The second-order valence-electron chi connectivity index (χ2n) is 7.82. The number of thiol groups is 1.